The number of amides is 1. The molecule has 1 amide bonds. The number of nitrogens with zero attached hydrogens (tertiary/aromatic N) is 2. The average molecular weight is 426 g/mol. The van der Waals surface area contributed by atoms with Crippen LogP contribution in [-0.2, 0) is 20.6 Å². The summed E-state index contributed by atoms with van der Waals surface area (Å²) in [5.41, 5.74) is 0.0247. The summed E-state index contributed by atoms with van der Waals surface area (Å²) in [5.74, 6) is 1.17. The van der Waals surface area contributed by atoms with Gasteiger partial charge in [0.1, 0.15) is 17.1 Å². The molecule has 2 aliphatic heterocycles. The zero-order valence-electron chi connectivity index (χ0n) is 19.5. The lowest BCUT2D eigenvalue weighted by molar-refractivity contribution is -0.131. The predicted molar refractivity (Wildman–Crippen MR) is 123 cm³/mol. The van der Waals surface area contributed by atoms with Crippen LogP contribution in [0.3, 0.4) is 0 Å². The van der Waals surface area contributed by atoms with Crippen LogP contribution < -0.4 is 5.46 Å². The summed E-state index contributed by atoms with van der Waals surface area (Å²) >= 11 is 0. The van der Waals surface area contributed by atoms with E-state index in [0.717, 1.165) is 56.3 Å². The first-order valence-corrected chi connectivity index (χ1v) is 11.7. The summed E-state index contributed by atoms with van der Waals surface area (Å²) in [6, 6.07) is 5.52. The highest BCUT2D eigenvalue weighted by Crippen LogP contribution is 2.40. The van der Waals surface area contributed by atoms with Crippen LogP contribution in [0.5, 0.6) is 5.75 Å². The number of hydrogen-bond acceptors (Lipinski definition) is 5. The molecule has 2 fully saturated rings. The first kappa shape index (κ1) is 22.3. The molecular weight excluding hydrogens is 391 g/mol. The highest BCUT2D eigenvalue weighted by molar-refractivity contribution is 6.63. The summed E-state index contributed by atoms with van der Waals surface area (Å²) in [5, 5.41) is 10.8. The van der Waals surface area contributed by atoms with Crippen LogP contribution in [0, 0.1) is 0 Å². The third-order valence-electron chi connectivity index (χ3n) is 7.43. The second kappa shape index (κ2) is 7.93. The normalized spacial score (nSPS) is 23.8. The van der Waals surface area contributed by atoms with E-state index in [0.29, 0.717) is 12.0 Å². The molecule has 1 aliphatic carbocycles. The number of benzene rings is 1. The lowest BCUT2D eigenvalue weighted by atomic mass is 9.78. The van der Waals surface area contributed by atoms with Gasteiger partial charge in [-0.3, -0.25) is 14.7 Å². The molecule has 1 N–H and O–H groups in total. The van der Waals surface area contributed by atoms with E-state index in [1.165, 1.54) is 0 Å². The SMILES string of the molecule is CCCCC1=NC2(CCCC2)C(=O)N1Cc1ccc(B2OC(C)(C)C(C)(C)O2)c(O)c1. The molecule has 1 saturated heterocycles. The molecular formula is C24H35BN2O4. The average Bonchev–Trinajstić information content (AvgIpc) is 3.32. The molecule has 6 nitrogen and oxygen atoms in total. The van der Waals surface area contributed by atoms with Crippen molar-refractivity contribution in [2.45, 2.75) is 103 Å². The zero-order chi connectivity index (χ0) is 22.4. The number of aliphatic imine (C=N–C) groups is 1. The molecule has 1 spiro atoms. The van der Waals surface area contributed by atoms with Gasteiger partial charge >= 0.3 is 7.12 Å². The van der Waals surface area contributed by atoms with Crippen molar-refractivity contribution in [3.63, 3.8) is 0 Å². The molecule has 31 heavy (non-hydrogen) atoms. The molecule has 0 unspecified atom stereocenters. The van der Waals surface area contributed by atoms with Gasteiger partial charge < -0.3 is 14.4 Å². The van der Waals surface area contributed by atoms with Crippen LogP contribution in [0.2, 0.25) is 0 Å². The second-order valence-corrected chi connectivity index (χ2v) is 10.2. The van der Waals surface area contributed by atoms with Gasteiger partial charge in [0.25, 0.3) is 5.91 Å². The number of rotatable bonds is 6. The number of carbonyl (C=O) groups excluding carboxylic acids is 1. The summed E-state index contributed by atoms with van der Waals surface area (Å²) < 4.78 is 12.2. The summed E-state index contributed by atoms with van der Waals surface area (Å²) in [6.07, 6.45) is 6.74. The number of carbonyl (C=O) groups is 1. The van der Waals surface area contributed by atoms with Crippen LogP contribution in [0.15, 0.2) is 23.2 Å². The number of aromatic hydroxyl groups is 1. The highest BCUT2D eigenvalue weighted by atomic mass is 16.7. The fourth-order valence-electron chi connectivity index (χ4n) is 4.74. The smallest absolute Gasteiger partial charge is 0.498 e. The summed E-state index contributed by atoms with van der Waals surface area (Å²) in [6.45, 7) is 10.6. The first-order chi connectivity index (χ1) is 14.6. The standard InChI is InChI=1S/C24H35BN2O4/c1-6-7-10-20-26-24(13-8-9-14-24)21(29)27(20)16-17-11-12-18(19(28)15-17)25-30-22(2,3)23(4,5)31-25/h11-12,15,28H,6-10,13-14,16H2,1-5H3. The van der Waals surface area contributed by atoms with Crippen molar-refractivity contribution in [3.8, 4) is 5.75 Å². The highest BCUT2D eigenvalue weighted by Gasteiger charge is 2.52. The largest absolute Gasteiger partial charge is 0.508 e. The van der Waals surface area contributed by atoms with Crippen molar-refractivity contribution in [3.05, 3.63) is 23.8 Å². The Morgan fingerprint density at radius 2 is 1.77 bits per heavy atom. The molecule has 0 atom stereocenters. The molecule has 0 aromatic heterocycles. The van der Waals surface area contributed by atoms with Gasteiger partial charge in [0.2, 0.25) is 0 Å². The monoisotopic (exact) mass is 426 g/mol. The van der Waals surface area contributed by atoms with Gasteiger partial charge in [-0.05, 0) is 58.6 Å². The van der Waals surface area contributed by atoms with Gasteiger partial charge in [-0.15, -0.1) is 0 Å². The van der Waals surface area contributed by atoms with E-state index < -0.39 is 23.9 Å². The molecule has 2 heterocycles. The van der Waals surface area contributed by atoms with Crippen molar-refractivity contribution in [2.24, 2.45) is 4.99 Å². The maximum absolute atomic E-state index is 13.3. The summed E-state index contributed by atoms with van der Waals surface area (Å²) in [4.78, 5) is 20.1. The molecule has 3 aliphatic rings. The van der Waals surface area contributed by atoms with E-state index in [-0.39, 0.29) is 11.7 Å². The van der Waals surface area contributed by atoms with Gasteiger partial charge in [0, 0.05) is 11.9 Å². The molecule has 7 heteroatoms. The Bertz CT molecular complexity index is 874. The van der Waals surface area contributed by atoms with Crippen molar-refractivity contribution in [2.75, 3.05) is 0 Å². The van der Waals surface area contributed by atoms with E-state index in [1.54, 1.807) is 6.07 Å². The minimum atomic E-state index is -0.615. The molecule has 168 valence electrons. The lowest BCUT2D eigenvalue weighted by Gasteiger charge is -2.32. The topological polar surface area (TPSA) is 71.4 Å². The summed E-state index contributed by atoms with van der Waals surface area (Å²) in [7, 11) is -0.615. The van der Waals surface area contributed by atoms with Crippen LogP contribution in [-0.4, -0.2) is 45.6 Å². The molecule has 1 aromatic carbocycles. The number of phenols is 1. The van der Waals surface area contributed by atoms with Gasteiger partial charge in [0.15, 0.2) is 0 Å². The van der Waals surface area contributed by atoms with Gasteiger partial charge in [-0.2, -0.15) is 0 Å². The maximum atomic E-state index is 13.3. The Morgan fingerprint density at radius 1 is 1.13 bits per heavy atom. The van der Waals surface area contributed by atoms with Crippen LogP contribution >= 0.6 is 0 Å². The van der Waals surface area contributed by atoms with Gasteiger partial charge in [-0.25, -0.2) is 0 Å². The van der Waals surface area contributed by atoms with Crippen molar-refractivity contribution >= 4 is 24.3 Å². The number of unbranched alkanes of at least 4 members (excludes halogenated alkanes) is 1. The maximum Gasteiger partial charge on any atom is 0.498 e. The lowest BCUT2D eigenvalue weighted by Crippen LogP contribution is -2.41. The molecule has 4 rings (SSSR count). The van der Waals surface area contributed by atoms with Gasteiger partial charge in [0.05, 0.1) is 17.7 Å². The third kappa shape index (κ3) is 3.91. The fraction of sp³-hybridized carbons (Fsp3) is 0.667. The molecule has 0 bridgehead atoms. The zero-order valence-corrected chi connectivity index (χ0v) is 19.5. The molecule has 0 radical (unpaired) electrons. The van der Waals surface area contributed by atoms with Crippen LogP contribution in [0.4, 0.5) is 0 Å². The van der Waals surface area contributed by atoms with Crippen LogP contribution in [0.25, 0.3) is 0 Å². The predicted octanol–water partition coefficient (Wildman–Crippen LogP) is 3.94. The third-order valence-corrected chi connectivity index (χ3v) is 7.43. The second-order valence-electron chi connectivity index (χ2n) is 10.2. The Labute approximate surface area is 186 Å². The minimum Gasteiger partial charge on any atom is -0.508 e. The van der Waals surface area contributed by atoms with Crippen molar-refractivity contribution < 1.29 is 19.2 Å². The number of amidine groups is 1. The Balaban J connectivity index is 1.53. The Morgan fingerprint density at radius 3 is 2.35 bits per heavy atom. The van der Waals surface area contributed by atoms with E-state index >= 15 is 0 Å². The van der Waals surface area contributed by atoms with E-state index in [4.69, 9.17) is 14.3 Å². The van der Waals surface area contributed by atoms with Crippen molar-refractivity contribution in [1.29, 1.82) is 0 Å². The molecule has 1 aromatic rings. The Hall–Kier alpha value is -1.86. The number of phenolic OH excluding ortho intramolecular Hbond substituents is 1. The van der Waals surface area contributed by atoms with E-state index in [1.807, 2.05) is 44.7 Å². The van der Waals surface area contributed by atoms with Gasteiger partial charge in [-0.1, -0.05) is 38.3 Å². The Kier molecular flexibility index (Phi) is 5.71. The first-order valence-electron chi connectivity index (χ1n) is 11.7. The number of hydrogen-bond donors (Lipinski definition) is 1. The van der Waals surface area contributed by atoms with E-state index in [9.17, 15) is 9.90 Å². The van der Waals surface area contributed by atoms with E-state index in [2.05, 4.69) is 6.92 Å². The quantitative estimate of drug-likeness (QED) is 0.700. The molecule has 1 saturated carbocycles. The minimum absolute atomic E-state index is 0.130. The van der Waals surface area contributed by atoms with Crippen LogP contribution in [0.1, 0.15) is 85.1 Å². The van der Waals surface area contributed by atoms with Crippen molar-refractivity contribution in [1.82, 2.24) is 4.90 Å². The fourth-order valence-corrected chi connectivity index (χ4v) is 4.74.